The quantitative estimate of drug-likeness (QED) is 0.919. The molecule has 0 aliphatic carbocycles. The topological polar surface area (TPSA) is 56.7 Å². The molecule has 1 amide bonds. The number of carbonyl (C=O) groups excluding carboxylic acids is 1. The molecule has 2 aromatic rings. The van der Waals surface area contributed by atoms with E-state index in [0.717, 1.165) is 49.0 Å². The highest BCUT2D eigenvalue weighted by atomic mass is 16.3. The van der Waals surface area contributed by atoms with Crippen molar-refractivity contribution in [3.63, 3.8) is 0 Å². The van der Waals surface area contributed by atoms with E-state index < -0.39 is 6.10 Å². The van der Waals surface area contributed by atoms with E-state index in [-0.39, 0.29) is 5.91 Å². The number of fused-ring (bicyclic) bond motifs is 1. The van der Waals surface area contributed by atoms with Crippen molar-refractivity contribution in [2.24, 2.45) is 0 Å². The number of aliphatic hydroxyl groups excluding tert-OH is 1. The normalized spacial score (nSPS) is 17.7. The molecule has 0 saturated heterocycles. The van der Waals surface area contributed by atoms with Crippen LogP contribution in [0.1, 0.15) is 53.3 Å². The van der Waals surface area contributed by atoms with Crippen molar-refractivity contribution in [2.45, 2.75) is 38.3 Å². The van der Waals surface area contributed by atoms with Crippen LogP contribution in [-0.2, 0) is 6.54 Å². The van der Waals surface area contributed by atoms with E-state index in [1.54, 1.807) is 24.3 Å². The number of anilines is 1. The van der Waals surface area contributed by atoms with Crippen molar-refractivity contribution in [1.29, 1.82) is 0 Å². The van der Waals surface area contributed by atoms with Gasteiger partial charge >= 0.3 is 0 Å². The summed E-state index contributed by atoms with van der Waals surface area (Å²) in [5.74, 6) is -0.0496. The van der Waals surface area contributed by atoms with Gasteiger partial charge in [-0.25, -0.2) is 0 Å². The maximum atomic E-state index is 12.9. The van der Waals surface area contributed by atoms with Crippen LogP contribution in [0.5, 0.6) is 0 Å². The van der Waals surface area contributed by atoms with Crippen LogP contribution < -0.4 is 4.90 Å². The zero-order valence-corrected chi connectivity index (χ0v) is 15.6. The van der Waals surface area contributed by atoms with E-state index in [2.05, 4.69) is 9.88 Å². The predicted octanol–water partition coefficient (Wildman–Crippen LogP) is 3.40. The van der Waals surface area contributed by atoms with Gasteiger partial charge in [0.1, 0.15) is 0 Å². The number of carbonyl (C=O) groups is 1. The molecule has 26 heavy (non-hydrogen) atoms. The number of aromatic nitrogens is 1. The third-order valence-corrected chi connectivity index (χ3v) is 5.01. The van der Waals surface area contributed by atoms with E-state index in [9.17, 15) is 9.90 Å². The molecule has 1 aliphatic rings. The minimum absolute atomic E-state index is 0.0496. The van der Waals surface area contributed by atoms with Crippen molar-refractivity contribution in [1.82, 2.24) is 9.88 Å². The van der Waals surface area contributed by atoms with Crippen LogP contribution in [0.3, 0.4) is 0 Å². The SMILES string of the molecule is CN(Cc1cccnc1)C(=O)c1ccc2c(c1)C(O)CCCCCN2C. The zero-order valence-electron chi connectivity index (χ0n) is 15.6. The molecule has 1 aliphatic heterocycles. The summed E-state index contributed by atoms with van der Waals surface area (Å²) in [4.78, 5) is 20.8. The number of hydrogen-bond donors (Lipinski definition) is 1. The summed E-state index contributed by atoms with van der Waals surface area (Å²) in [6.07, 6.45) is 6.96. The summed E-state index contributed by atoms with van der Waals surface area (Å²) < 4.78 is 0. The minimum atomic E-state index is -0.526. The summed E-state index contributed by atoms with van der Waals surface area (Å²) in [7, 11) is 3.84. The third-order valence-electron chi connectivity index (χ3n) is 5.01. The van der Waals surface area contributed by atoms with Crippen LogP contribution in [-0.4, -0.2) is 41.5 Å². The number of nitrogens with zero attached hydrogens (tertiary/aromatic N) is 3. The molecular weight excluding hydrogens is 326 g/mol. The second-order valence-electron chi connectivity index (χ2n) is 7.08. The van der Waals surface area contributed by atoms with Crippen LogP contribution >= 0.6 is 0 Å². The fraction of sp³-hybridized carbons (Fsp3) is 0.429. The average Bonchev–Trinajstić information content (AvgIpc) is 2.72. The van der Waals surface area contributed by atoms with E-state index >= 15 is 0 Å². The van der Waals surface area contributed by atoms with Crippen molar-refractivity contribution in [3.8, 4) is 0 Å². The maximum Gasteiger partial charge on any atom is 0.253 e. The number of rotatable bonds is 3. The van der Waals surface area contributed by atoms with Gasteiger partial charge in [-0.05, 0) is 42.7 Å². The van der Waals surface area contributed by atoms with Gasteiger partial charge in [0, 0.05) is 56.4 Å². The number of amides is 1. The van der Waals surface area contributed by atoms with Crippen molar-refractivity contribution in [2.75, 3.05) is 25.5 Å². The predicted molar refractivity (Wildman–Crippen MR) is 103 cm³/mol. The fourth-order valence-electron chi connectivity index (χ4n) is 3.50. The summed E-state index contributed by atoms with van der Waals surface area (Å²) in [5, 5.41) is 10.6. The lowest BCUT2D eigenvalue weighted by Crippen LogP contribution is -2.27. The average molecular weight is 353 g/mol. The van der Waals surface area contributed by atoms with E-state index in [1.165, 1.54) is 0 Å². The molecule has 3 rings (SSSR count). The van der Waals surface area contributed by atoms with E-state index in [4.69, 9.17) is 0 Å². The maximum absolute atomic E-state index is 12.9. The minimum Gasteiger partial charge on any atom is -0.388 e. The van der Waals surface area contributed by atoms with Crippen LogP contribution in [0.4, 0.5) is 5.69 Å². The zero-order chi connectivity index (χ0) is 18.5. The molecule has 0 radical (unpaired) electrons. The van der Waals surface area contributed by atoms with Gasteiger partial charge in [0.2, 0.25) is 0 Å². The highest BCUT2D eigenvalue weighted by Crippen LogP contribution is 2.32. The summed E-state index contributed by atoms with van der Waals surface area (Å²) >= 11 is 0. The second-order valence-corrected chi connectivity index (χ2v) is 7.08. The van der Waals surface area contributed by atoms with Gasteiger partial charge < -0.3 is 14.9 Å². The molecule has 5 heteroatoms. The van der Waals surface area contributed by atoms with Crippen molar-refractivity contribution < 1.29 is 9.90 Å². The van der Waals surface area contributed by atoms with E-state index in [0.29, 0.717) is 12.1 Å². The first-order valence-corrected chi connectivity index (χ1v) is 9.24. The number of benzene rings is 1. The standard InChI is InChI=1S/C21H27N3O2/c1-23-12-5-3-4-8-20(25)18-13-17(9-10-19(18)23)21(26)24(2)15-16-7-6-11-22-14-16/h6-7,9-11,13-14,20,25H,3-5,8,12,15H2,1-2H3. The molecule has 138 valence electrons. The Hall–Kier alpha value is -2.40. The van der Waals surface area contributed by atoms with Crippen LogP contribution in [0, 0.1) is 0 Å². The lowest BCUT2D eigenvalue weighted by molar-refractivity contribution is 0.0784. The van der Waals surface area contributed by atoms with Crippen LogP contribution in [0.25, 0.3) is 0 Å². The van der Waals surface area contributed by atoms with Gasteiger partial charge in [0.05, 0.1) is 6.10 Å². The second kappa shape index (κ2) is 8.32. The number of aliphatic hydroxyl groups is 1. The van der Waals surface area contributed by atoms with Gasteiger partial charge in [0.15, 0.2) is 0 Å². The molecule has 0 fully saturated rings. The Balaban J connectivity index is 1.84. The van der Waals surface area contributed by atoms with E-state index in [1.807, 2.05) is 37.4 Å². The number of pyridine rings is 1. The van der Waals surface area contributed by atoms with Crippen molar-refractivity contribution in [3.05, 3.63) is 59.4 Å². The Labute approximate surface area is 155 Å². The molecular formula is C21H27N3O2. The van der Waals surface area contributed by atoms with Gasteiger partial charge in [-0.2, -0.15) is 0 Å². The van der Waals surface area contributed by atoms with Gasteiger partial charge in [-0.15, -0.1) is 0 Å². The fourth-order valence-corrected chi connectivity index (χ4v) is 3.50. The Morgan fingerprint density at radius 2 is 2.15 bits per heavy atom. The Kier molecular flexibility index (Phi) is 5.89. The monoisotopic (exact) mass is 353 g/mol. The van der Waals surface area contributed by atoms with Crippen LogP contribution in [0.15, 0.2) is 42.7 Å². The Morgan fingerprint density at radius 3 is 2.92 bits per heavy atom. The lowest BCUT2D eigenvalue weighted by Gasteiger charge is -2.25. The molecule has 1 unspecified atom stereocenters. The van der Waals surface area contributed by atoms with Crippen LogP contribution in [0.2, 0.25) is 0 Å². The lowest BCUT2D eigenvalue weighted by atomic mass is 9.99. The molecule has 5 nitrogen and oxygen atoms in total. The summed E-state index contributed by atoms with van der Waals surface area (Å²) in [6.45, 7) is 1.47. The van der Waals surface area contributed by atoms with Crippen molar-refractivity contribution >= 4 is 11.6 Å². The molecule has 1 atom stereocenters. The van der Waals surface area contributed by atoms with Gasteiger partial charge in [-0.3, -0.25) is 9.78 Å². The summed E-state index contributed by atoms with van der Waals surface area (Å²) in [5.41, 5.74) is 3.48. The first kappa shape index (κ1) is 18.4. The molecule has 2 heterocycles. The smallest absolute Gasteiger partial charge is 0.253 e. The van der Waals surface area contributed by atoms with Gasteiger partial charge in [0.25, 0.3) is 5.91 Å². The molecule has 0 bridgehead atoms. The molecule has 1 N–H and O–H groups in total. The highest BCUT2D eigenvalue weighted by Gasteiger charge is 2.20. The highest BCUT2D eigenvalue weighted by molar-refractivity contribution is 5.94. The summed E-state index contributed by atoms with van der Waals surface area (Å²) in [6, 6.07) is 9.52. The molecule has 0 saturated carbocycles. The first-order chi connectivity index (χ1) is 12.6. The largest absolute Gasteiger partial charge is 0.388 e. The molecule has 1 aromatic carbocycles. The Bertz CT molecular complexity index is 748. The van der Waals surface area contributed by atoms with Gasteiger partial charge in [-0.1, -0.05) is 18.9 Å². The Morgan fingerprint density at radius 1 is 1.31 bits per heavy atom. The third kappa shape index (κ3) is 4.22. The first-order valence-electron chi connectivity index (χ1n) is 9.24. The molecule has 1 aromatic heterocycles. The number of hydrogen-bond acceptors (Lipinski definition) is 4. The molecule has 0 spiro atoms.